The first-order valence-corrected chi connectivity index (χ1v) is 6.27. The number of benzene rings is 1. The van der Waals surface area contributed by atoms with Crippen LogP contribution in [0.5, 0.6) is 0 Å². The molecule has 0 spiro atoms. The van der Waals surface area contributed by atoms with E-state index in [4.69, 9.17) is 0 Å². The molecule has 0 aliphatic heterocycles. The lowest BCUT2D eigenvalue weighted by Crippen LogP contribution is -2.13. The molecule has 2 aromatic rings. The molecule has 0 saturated carbocycles. The van der Waals surface area contributed by atoms with E-state index in [-0.39, 0.29) is 5.91 Å². The van der Waals surface area contributed by atoms with Crippen molar-refractivity contribution in [2.24, 2.45) is 0 Å². The van der Waals surface area contributed by atoms with Gasteiger partial charge in [0.2, 0.25) is 0 Å². The molecule has 1 heterocycles. The van der Waals surface area contributed by atoms with E-state index < -0.39 is 0 Å². The van der Waals surface area contributed by atoms with Crippen molar-refractivity contribution in [3.05, 3.63) is 53.7 Å². The molecule has 19 heavy (non-hydrogen) atoms. The first-order chi connectivity index (χ1) is 9.20. The molecule has 98 valence electrons. The molecular weight excluding hydrogens is 238 g/mol. The van der Waals surface area contributed by atoms with Crippen molar-refractivity contribution in [2.75, 3.05) is 17.2 Å². The Morgan fingerprint density at radius 1 is 1.26 bits per heavy atom. The van der Waals surface area contributed by atoms with Crippen molar-refractivity contribution in [2.45, 2.75) is 13.8 Å². The van der Waals surface area contributed by atoms with E-state index in [1.54, 1.807) is 18.3 Å². The molecule has 0 aliphatic rings. The highest BCUT2D eigenvalue weighted by Gasteiger charge is 2.08. The predicted molar refractivity (Wildman–Crippen MR) is 77.5 cm³/mol. The van der Waals surface area contributed by atoms with Crippen LogP contribution in [0.25, 0.3) is 0 Å². The summed E-state index contributed by atoms with van der Waals surface area (Å²) in [6, 6.07) is 11.2. The van der Waals surface area contributed by atoms with Gasteiger partial charge in [0, 0.05) is 24.0 Å². The summed E-state index contributed by atoms with van der Waals surface area (Å²) in [7, 11) is 0. The van der Waals surface area contributed by atoms with E-state index in [0.717, 1.165) is 17.8 Å². The second kappa shape index (κ2) is 6.00. The molecule has 0 radical (unpaired) electrons. The lowest BCUT2D eigenvalue weighted by atomic mass is 10.2. The summed E-state index contributed by atoms with van der Waals surface area (Å²) in [5.41, 5.74) is 2.46. The summed E-state index contributed by atoms with van der Waals surface area (Å²) in [5, 5.41) is 5.99. The molecule has 0 unspecified atom stereocenters. The van der Waals surface area contributed by atoms with Crippen LogP contribution in [0.15, 0.2) is 42.6 Å². The second-order valence-electron chi connectivity index (χ2n) is 4.23. The SMILES string of the molecule is CCNc1cc(C(=O)Nc2ccccc2C)ccn1. The van der Waals surface area contributed by atoms with Crippen LogP contribution in [0.4, 0.5) is 11.5 Å². The Balaban J connectivity index is 2.16. The minimum absolute atomic E-state index is 0.129. The zero-order valence-corrected chi connectivity index (χ0v) is 11.1. The normalized spacial score (nSPS) is 10.0. The molecule has 0 atom stereocenters. The Bertz CT molecular complexity index is 581. The van der Waals surface area contributed by atoms with Crippen LogP contribution in [-0.2, 0) is 0 Å². The van der Waals surface area contributed by atoms with Gasteiger partial charge < -0.3 is 10.6 Å². The van der Waals surface area contributed by atoms with Crippen molar-refractivity contribution in [3.63, 3.8) is 0 Å². The fourth-order valence-corrected chi connectivity index (χ4v) is 1.76. The third kappa shape index (κ3) is 3.31. The standard InChI is InChI=1S/C15H17N3O/c1-3-16-14-10-12(8-9-17-14)15(19)18-13-7-5-4-6-11(13)2/h4-10H,3H2,1-2H3,(H,16,17)(H,18,19). The lowest BCUT2D eigenvalue weighted by Gasteiger charge is -2.09. The van der Waals surface area contributed by atoms with Gasteiger partial charge in [-0.2, -0.15) is 0 Å². The van der Waals surface area contributed by atoms with E-state index in [2.05, 4.69) is 15.6 Å². The van der Waals surface area contributed by atoms with Crippen molar-refractivity contribution in [3.8, 4) is 0 Å². The first-order valence-electron chi connectivity index (χ1n) is 6.27. The molecule has 2 rings (SSSR count). The van der Waals surface area contributed by atoms with Gasteiger partial charge in [-0.25, -0.2) is 4.98 Å². The fraction of sp³-hybridized carbons (Fsp3) is 0.200. The van der Waals surface area contributed by atoms with Gasteiger partial charge in [-0.05, 0) is 37.6 Å². The van der Waals surface area contributed by atoms with Crippen molar-refractivity contribution in [1.29, 1.82) is 0 Å². The Labute approximate surface area is 112 Å². The number of hydrogen-bond acceptors (Lipinski definition) is 3. The van der Waals surface area contributed by atoms with Crippen molar-refractivity contribution >= 4 is 17.4 Å². The molecule has 0 aliphatic carbocycles. The summed E-state index contributed by atoms with van der Waals surface area (Å²) >= 11 is 0. The average Bonchev–Trinajstić information content (AvgIpc) is 2.42. The third-order valence-corrected chi connectivity index (χ3v) is 2.77. The molecule has 2 N–H and O–H groups in total. The molecule has 0 bridgehead atoms. The summed E-state index contributed by atoms with van der Waals surface area (Å²) in [6.45, 7) is 4.73. The second-order valence-corrected chi connectivity index (χ2v) is 4.23. The molecule has 1 aromatic heterocycles. The molecule has 0 saturated heterocycles. The van der Waals surface area contributed by atoms with E-state index in [9.17, 15) is 4.79 Å². The lowest BCUT2D eigenvalue weighted by molar-refractivity contribution is 0.102. The number of carbonyl (C=O) groups excluding carboxylic acids is 1. The largest absolute Gasteiger partial charge is 0.370 e. The number of rotatable bonds is 4. The van der Waals surface area contributed by atoms with Crippen LogP contribution in [0.1, 0.15) is 22.8 Å². The smallest absolute Gasteiger partial charge is 0.255 e. The summed E-state index contributed by atoms with van der Waals surface area (Å²) < 4.78 is 0. The minimum atomic E-state index is -0.129. The summed E-state index contributed by atoms with van der Waals surface area (Å²) in [5.74, 6) is 0.579. The Morgan fingerprint density at radius 2 is 2.05 bits per heavy atom. The number of para-hydroxylation sites is 1. The number of nitrogens with zero attached hydrogens (tertiary/aromatic N) is 1. The number of amides is 1. The molecule has 4 nitrogen and oxygen atoms in total. The number of nitrogens with one attached hydrogen (secondary N) is 2. The number of anilines is 2. The van der Waals surface area contributed by atoms with E-state index >= 15 is 0 Å². The van der Waals surface area contributed by atoms with E-state index in [1.807, 2.05) is 38.1 Å². The topological polar surface area (TPSA) is 54.0 Å². The molecule has 4 heteroatoms. The number of aryl methyl sites for hydroxylation is 1. The van der Waals surface area contributed by atoms with Gasteiger partial charge in [-0.3, -0.25) is 4.79 Å². The maximum atomic E-state index is 12.2. The van der Waals surface area contributed by atoms with Gasteiger partial charge in [0.25, 0.3) is 5.91 Å². The maximum absolute atomic E-state index is 12.2. The van der Waals surface area contributed by atoms with Crippen molar-refractivity contribution in [1.82, 2.24) is 4.98 Å². The minimum Gasteiger partial charge on any atom is -0.370 e. The number of carbonyl (C=O) groups is 1. The summed E-state index contributed by atoms with van der Waals surface area (Å²) in [4.78, 5) is 16.3. The van der Waals surface area contributed by atoms with Gasteiger partial charge >= 0.3 is 0 Å². The van der Waals surface area contributed by atoms with Crippen molar-refractivity contribution < 1.29 is 4.79 Å². The Hall–Kier alpha value is -2.36. The Morgan fingerprint density at radius 3 is 2.79 bits per heavy atom. The Kier molecular flexibility index (Phi) is 4.13. The van der Waals surface area contributed by atoms with E-state index in [0.29, 0.717) is 11.4 Å². The monoisotopic (exact) mass is 255 g/mol. The zero-order valence-electron chi connectivity index (χ0n) is 11.1. The van der Waals surface area contributed by atoms with Gasteiger partial charge in [0.1, 0.15) is 5.82 Å². The molecule has 1 aromatic carbocycles. The maximum Gasteiger partial charge on any atom is 0.255 e. The number of aromatic nitrogens is 1. The summed E-state index contributed by atoms with van der Waals surface area (Å²) in [6.07, 6.45) is 1.63. The van der Waals surface area contributed by atoms with Gasteiger partial charge in [0.05, 0.1) is 0 Å². The van der Waals surface area contributed by atoms with Gasteiger partial charge in [0.15, 0.2) is 0 Å². The van der Waals surface area contributed by atoms with Gasteiger partial charge in [-0.1, -0.05) is 18.2 Å². The number of pyridine rings is 1. The number of hydrogen-bond donors (Lipinski definition) is 2. The van der Waals surface area contributed by atoms with Crippen LogP contribution in [-0.4, -0.2) is 17.4 Å². The predicted octanol–water partition coefficient (Wildman–Crippen LogP) is 3.07. The first kappa shape index (κ1) is 13.1. The average molecular weight is 255 g/mol. The highest BCUT2D eigenvalue weighted by Crippen LogP contribution is 2.15. The van der Waals surface area contributed by atoms with Crippen LogP contribution in [0.3, 0.4) is 0 Å². The van der Waals surface area contributed by atoms with Crippen LogP contribution in [0.2, 0.25) is 0 Å². The molecule has 0 fully saturated rings. The zero-order chi connectivity index (χ0) is 13.7. The van der Waals surface area contributed by atoms with E-state index in [1.165, 1.54) is 0 Å². The highest BCUT2D eigenvalue weighted by molar-refractivity contribution is 6.04. The third-order valence-electron chi connectivity index (χ3n) is 2.77. The quantitative estimate of drug-likeness (QED) is 0.882. The molecular formula is C15H17N3O. The highest BCUT2D eigenvalue weighted by atomic mass is 16.1. The van der Waals surface area contributed by atoms with Crippen LogP contribution >= 0.6 is 0 Å². The van der Waals surface area contributed by atoms with Crippen LogP contribution < -0.4 is 10.6 Å². The fourth-order valence-electron chi connectivity index (χ4n) is 1.76. The van der Waals surface area contributed by atoms with Gasteiger partial charge in [-0.15, -0.1) is 0 Å². The van der Waals surface area contributed by atoms with Crippen LogP contribution in [0, 0.1) is 6.92 Å². The molecule has 1 amide bonds.